The van der Waals surface area contributed by atoms with Gasteiger partial charge in [0.05, 0.1) is 5.02 Å². The fraction of sp³-hybridized carbons (Fsp3) is 0.538. The molecule has 2 fully saturated rings. The Morgan fingerprint density at radius 1 is 1.24 bits per heavy atom. The number of benzene rings is 1. The van der Waals surface area contributed by atoms with Crippen molar-refractivity contribution in [1.82, 2.24) is 9.62 Å². The Balaban J connectivity index is 0.00000161. The molecular weight excluding hydrogens is 399 g/mol. The summed E-state index contributed by atoms with van der Waals surface area (Å²) in [5.74, 6) is 0. The first-order valence-electron chi connectivity index (χ1n) is 6.68. The zero-order valence-corrected chi connectivity index (χ0v) is 15.2. The second kappa shape index (κ2) is 6.72. The number of rotatable bonds is 2. The molecule has 0 saturated carbocycles. The normalized spacial score (nSPS) is 26.2. The molecule has 0 spiro atoms. The van der Waals surface area contributed by atoms with Gasteiger partial charge in [-0.25, -0.2) is 8.42 Å². The van der Waals surface area contributed by atoms with Crippen LogP contribution >= 0.6 is 39.9 Å². The molecule has 1 aromatic carbocycles. The van der Waals surface area contributed by atoms with Crippen molar-refractivity contribution in [3.8, 4) is 0 Å². The lowest BCUT2D eigenvalue weighted by atomic mass is 10.1. The van der Waals surface area contributed by atoms with Crippen molar-refractivity contribution in [1.29, 1.82) is 0 Å². The average Bonchev–Trinajstić information content (AvgIpc) is 2.67. The molecular formula is C13H17BrCl2N2O2S. The predicted molar refractivity (Wildman–Crippen MR) is 89.7 cm³/mol. The number of sulfonamides is 1. The van der Waals surface area contributed by atoms with Gasteiger partial charge in [-0.3, -0.25) is 0 Å². The monoisotopic (exact) mass is 414 g/mol. The van der Waals surface area contributed by atoms with Crippen LogP contribution in [0.5, 0.6) is 0 Å². The van der Waals surface area contributed by atoms with E-state index in [9.17, 15) is 8.42 Å². The van der Waals surface area contributed by atoms with Crippen LogP contribution in [0.4, 0.5) is 0 Å². The minimum atomic E-state index is -3.55. The van der Waals surface area contributed by atoms with E-state index in [2.05, 4.69) is 21.2 Å². The Morgan fingerprint density at radius 3 is 2.67 bits per heavy atom. The molecule has 2 atom stereocenters. The van der Waals surface area contributed by atoms with Crippen LogP contribution in [0.3, 0.4) is 0 Å². The van der Waals surface area contributed by atoms with Gasteiger partial charge in [-0.05, 0) is 47.3 Å². The molecule has 2 aliphatic heterocycles. The molecule has 2 heterocycles. The van der Waals surface area contributed by atoms with Crippen molar-refractivity contribution in [3.05, 3.63) is 27.7 Å². The van der Waals surface area contributed by atoms with Crippen LogP contribution < -0.4 is 5.32 Å². The minimum Gasteiger partial charge on any atom is -0.310 e. The average molecular weight is 416 g/mol. The molecule has 0 aromatic heterocycles. The summed E-state index contributed by atoms with van der Waals surface area (Å²) in [7, 11) is -3.55. The predicted octanol–water partition coefficient (Wildman–Crippen LogP) is 3.04. The standard InChI is InChI=1S/C13H16BrClN2O2S.ClH/c14-11-2-1-3-12(15)13(11)20(18,19)17-7-6-9-4-5-10(8-17)16-9;/h1-3,9-10,16H,4-8H2;1H. The Kier molecular flexibility index (Phi) is 5.60. The van der Waals surface area contributed by atoms with Gasteiger partial charge >= 0.3 is 0 Å². The quantitative estimate of drug-likeness (QED) is 0.807. The molecule has 2 saturated heterocycles. The highest BCUT2D eigenvalue weighted by Gasteiger charge is 2.36. The summed E-state index contributed by atoms with van der Waals surface area (Å²) in [6.07, 6.45) is 3.05. The smallest absolute Gasteiger partial charge is 0.245 e. The first-order valence-corrected chi connectivity index (χ1v) is 9.30. The summed E-state index contributed by atoms with van der Waals surface area (Å²) in [5, 5.41) is 3.75. The summed E-state index contributed by atoms with van der Waals surface area (Å²) in [6, 6.07) is 5.77. The van der Waals surface area contributed by atoms with Gasteiger partial charge in [0.25, 0.3) is 0 Å². The van der Waals surface area contributed by atoms with Crippen molar-refractivity contribution >= 4 is 50.0 Å². The molecule has 0 aliphatic carbocycles. The second-order valence-electron chi connectivity index (χ2n) is 5.34. The molecule has 2 unspecified atom stereocenters. The maximum atomic E-state index is 12.8. The number of halogens is 3. The lowest BCUT2D eigenvalue weighted by Gasteiger charge is -2.24. The lowest BCUT2D eigenvalue weighted by molar-refractivity contribution is 0.383. The van der Waals surface area contributed by atoms with Crippen LogP contribution in [-0.2, 0) is 10.0 Å². The van der Waals surface area contributed by atoms with E-state index in [0.29, 0.717) is 23.6 Å². The van der Waals surface area contributed by atoms with Crippen LogP contribution in [0.1, 0.15) is 19.3 Å². The molecule has 2 bridgehead atoms. The second-order valence-corrected chi connectivity index (χ2v) is 8.48. The summed E-state index contributed by atoms with van der Waals surface area (Å²) in [5.41, 5.74) is 0. The third-order valence-electron chi connectivity index (χ3n) is 4.00. The Labute approximate surface area is 144 Å². The Morgan fingerprint density at radius 2 is 1.95 bits per heavy atom. The van der Waals surface area contributed by atoms with E-state index < -0.39 is 10.0 Å². The van der Waals surface area contributed by atoms with Gasteiger partial charge in [0.2, 0.25) is 10.0 Å². The van der Waals surface area contributed by atoms with Gasteiger partial charge in [-0.1, -0.05) is 17.7 Å². The maximum absolute atomic E-state index is 12.8. The highest BCUT2D eigenvalue weighted by atomic mass is 79.9. The third kappa shape index (κ3) is 3.41. The molecule has 118 valence electrons. The molecule has 3 rings (SSSR count). The van der Waals surface area contributed by atoms with E-state index >= 15 is 0 Å². The summed E-state index contributed by atoms with van der Waals surface area (Å²) < 4.78 is 27.8. The summed E-state index contributed by atoms with van der Waals surface area (Å²) in [6.45, 7) is 1.07. The number of hydrogen-bond donors (Lipinski definition) is 1. The fourth-order valence-electron chi connectivity index (χ4n) is 2.99. The largest absolute Gasteiger partial charge is 0.310 e. The summed E-state index contributed by atoms with van der Waals surface area (Å²) in [4.78, 5) is 0.180. The molecule has 21 heavy (non-hydrogen) atoms. The van der Waals surface area contributed by atoms with Gasteiger partial charge in [0.15, 0.2) is 0 Å². The van der Waals surface area contributed by atoms with Crippen LogP contribution in [0.25, 0.3) is 0 Å². The van der Waals surface area contributed by atoms with Gasteiger partial charge < -0.3 is 5.32 Å². The van der Waals surface area contributed by atoms with Crippen LogP contribution in [0, 0.1) is 0 Å². The Hall–Kier alpha value is 0.150. The van der Waals surface area contributed by atoms with Crippen molar-refractivity contribution in [3.63, 3.8) is 0 Å². The maximum Gasteiger partial charge on any atom is 0.245 e. The fourth-order valence-corrected chi connectivity index (χ4v) is 6.16. The van der Waals surface area contributed by atoms with E-state index in [1.807, 2.05) is 0 Å². The van der Waals surface area contributed by atoms with E-state index in [1.54, 1.807) is 22.5 Å². The zero-order chi connectivity index (χ0) is 14.3. The number of nitrogens with zero attached hydrogens (tertiary/aromatic N) is 1. The van der Waals surface area contributed by atoms with E-state index in [-0.39, 0.29) is 28.4 Å². The lowest BCUT2D eigenvalue weighted by Crippen LogP contribution is -2.39. The number of fused-ring (bicyclic) bond motifs is 2. The van der Waals surface area contributed by atoms with Gasteiger partial charge in [-0.2, -0.15) is 4.31 Å². The zero-order valence-electron chi connectivity index (χ0n) is 11.3. The highest BCUT2D eigenvalue weighted by Crippen LogP contribution is 2.33. The van der Waals surface area contributed by atoms with Crippen molar-refractivity contribution in [2.24, 2.45) is 0 Å². The summed E-state index contributed by atoms with van der Waals surface area (Å²) >= 11 is 9.41. The number of nitrogens with one attached hydrogen (secondary N) is 1. The van der Waals surface area contributed by atoms with Gasteiger partial charge in [0.1, 0.15) is 4.90 Å². The van der Waals surface area contributed by atoms with Crippen LogP contribution in [0.15, 0.2) is 27.6 Å². The third-order valence-corrected chi connectivity index (χ3v) is 7.32. The molecule has 1 aromatic rings. The van der Waals surface area contributed by atoms with E-state index in [0.717, 1.165) is 19.3 Å². The molecule has 2 aliphatic rings. The molecule has 0 radical (unpaired) electrons. The molecule has 0 amide bonds. The van der Waals surface area contributed by atoms with E-state index in [1.165, 1.54) is 0 Å². The van der Waals surface area contributed by atoms with Crippen molar-refractivity contribution in [2.45, 2.75) is 36.2 Å². The van der Waals surface area contributed by atoms with E-state index in [4.69, 9.17) is 11.6 Å². The molecule has 1 N–H and O–H groups in total. The SMILES string of the molecule is Cl.O=S(=O)(c1c(Cl)cccc1Br)N1CCC2CCC(C1)N2. The van der Waals surface area contributed by atoms with Gasteiger partial charge in [-0.15, -0.1) is 12.4 Å². The minimum absolute atomic E-state index is 0. The molecule has 8 heteroatoms. The first kappa shape index (κ1) is 17.5. The van der Waals surface area contributed by atoms with Crippen molar-refractivity contribution < 1.29 is 8.42 Å². The Bertz CT molecular complexity index is 606. The van der Waals surface area contributed by atoms with Crippen molar-refractivity contribution in [2.75, 3.05) is 13.1 Å². The number of hydrogen-bond acceptors (Lipinski definition) is 3. The van der Waals surface area contributed by atoms with Crippen LogP contribution in [-0.4, -0.2) is 37.9 Å². The topological polar surface area (TPSA) is 49.4 Å². The van der Waals surface area contributed by atoms with Gasteiger partial charge in [0, 0.05) is 29.6 Å². The first-order chi connectivity index (χ1) is 9.48. The molecule has 4 nitrogen and oxygen atoms in total. The van der Waals surface area contributed by atoms with Crippen LogP contribution in [0.2, 0.25) is 5.02 Å². The highest BCUT2D eigenvalue weighted by molar-refractivity contribution is 9.10.